The van der Waals surface area contributed by atoms with Gasteiger partial charge in [0.05, 0.1) is 34.9 Å². The Morgan fingerprint density at radius 2 is 2.13 bits per heavy atom. The zero-order valence-electron chi connectivity index (χ0n) is 17.2. The molecular formula is C22H25N7O. The van der Waals surface area contributed by atoms with E-state index >= 15 is 0 Å². The van der Waals surface area contributed by atoms with Crippen LogP contribution in [-0.2, 0) is 6.54 Å². The molecule has 5 rings (SSSR count). The monoisotopic (exact) mass is 403 g/mol. The average molecular weight is 403 g/mol. The van der Waals surface area contributed by atoms with Gasteiger partial charge in [-0.3, -0.25) is 14.8 Å². The molecule has 0 aromatic carbocycles. The van der Waals surface area contributed by atoms with Crippen molar-refractivity contribution in [3.63, 3.8) is 0 Å². The maximum absolute atomic E-state index is 10.5. The number of pyridine rings is 2. The van der Waals surface area contributed by atoms with Gasteiger partial charge in [-0.05, 0) is 44.9 Å². The van der Waals surface area contributed by atoms with Crippen LogP contribution in [0, 0.1) is 0 Å². The van der Waals surface area contributed by atoms with Crippen LogP contribution in [0.2, 0.25) is 0 Å². The first-order valence-electron chi connectivity index (χ1n) is 10.3. The average Bonchev–Trinajstić information content (AvgIpc) is 3.40. The van der Waals surface area contributed by atoms with E-state index in [4.69, 9.17) is 4.98 Å². The largest absolute Gasteiger partial charge is 0.388 e. The van der Waals surface area contributed by atoms with E-state index in [0.29, 0.717) is 6.54 Å². The second kappa shape index (κ2) is 7.21. The van der Waals surface area contributed by atoms with E-state index in [0.717, 1.165) is 65.3 Å². The van der Waals surface area contributed by atoms with E-state index in [9.17, 15) is 5.11 Å². The van der Waals surface area contributed by atoms with Crippen molar-refractivity contribution in [1.29, 1.82) is 0 Å². The van der Waals surface area contributed by atoms with Crippen LogP contribution < -0.4 is 4.90 Å². The Labute approximate surface area is 174 Å². The smallest absolute Gasteiger partial charge is 0.129 e. The predicted molar refractivity (Wildman–Crippen MR) is 116 cm³/mol. The predicted octanol–water partition coefficient (Wildman–Crippen LogP) is 3.25. The molecule has 8 nitrogen and oxygen atoms in total. The number of aromatic amines is 1. The number of β-amino-alcohol motifs (C(OH)–C–C–N with tert-alkyl or cyclic N) is 1. The van der Waals surface area contributed by atoms with Gasteiger partial charge in [-0.15, -0.1) is 0 Å². The van der Waals surface area contributed by atoms with Gasteiger partial charge >= 0.3 is 0 Å². The lowest BCUT2D eigenvalue weighted by molar-refractivity contribution is 0.0447. The summed E-state index contributed by atoms with van der Waals surface area (Å²) >= 11 is 0. The summed E-state index contributed by atoms with van der Waals surface area (Å²) in [6, 6.07) is 7.99. The van der Waals surface area contributed by atoms with Gasteiger partial charge in [0.25, 0.3) is 0 Å². The number of aromatic nitrogens is 6. The van der Waals surface area contributed by atoms with E-state index in [2.05, 4.69) is 32.1 Å². The Morgan fingerprint density at radius 3 is 2.93 bits per heavy atom. The molecule has 30 heavy (non-hydrogen) atoms. The third-order valence-electron chi connectivity index (χ3n) is 5.68. The Balaban J connectivity index is 1.52. The number of aliphatic hydroxyl groups is 1. The lowest BCUT2D eigenvalue weighted by Gasteiger charge is -2.37. The maximum atomic E-state index is 10.5. The first-order valence-corrected chi connectivity index (χ1v) is 10.3. The van der Waals surface area contributed by atoms with Crippen molar-refractivity contribution in [2.75, 3.05) is 18.0 Å². The lowest BCUT2D eigenvalue weighted by Crippen LogP contribution is -2.46. The summed E-state index contributed by atoms with van der Waals surface area (Å²) in [5.74, 6) is 0.863. The topological polar surface area (TPSA) is 95.8 Å². The SMILES string of the molecule is CCn1cc(-c2cc3c(-c4cccc(N5CCCC(C)(O)C5)n4)n[nH]c3cn2)cn1. The molecule has 2 N–H and O–H groups in total. The molecule has 154 valence electrons. The minimum atomic E-state index is -0.682. The molecule has 0 bridgehead atoms. The fourth-order valence-electron chi connectivity index (χ4n) is 4.09. The number of nitrogens with one attached hydrogen (secondary N) is 1. The number of hydrogen-bond acceptors (Lipinski definition) is 6. The normalized spacial score (nSPS) is 19.5. The molecule has 0 aliphatic carbocycles. The number of aryl methyl sites for hydroxylation is 1. The highest BCUT2D eigenvalue weighted by Crippen LogP contribution is 2.30. The minimum absolute atomic E-state index is 0.584. The van der Waals surface area contributed by atoms with Crippen LogP contribution in [-0.4, -0.2) is 53.7 Å². The highest BCUT2D eigenvalue weighted by Gasteiger charge is 2.29. The summed E-state index contributed by atoms with van der Waals surface area (Å²) in [6.45, 7) is 6.24. The third kappa shape index (κ3) is 3.43. The van der Waals surface area contributed by atoms with Crippen molar-refractivity contribution < 1.29 is 5.11 Å². The number of nitrogens with zero attached hydrogens (tertiary/aromatic N) is 6. The lowest BCUT2D eigenvalue weighted by atomic mass is 9.95. The van der Waals surface area contributed by atoms with Gasteiger partial charge in [0.2, 0.25) is 0 Å². The number of piperidine rings is 1. The highest BCUT2D eigenvalue weighted by atomic mass is 16.3. The maximum Gasteiger partial charge on any atom is 0.129 e. The van der Waals surface area contributed by atoms with E-state index in [1.54, 1.807) is 6.20 Å². The standard InChI is InChI=1S/C22H25N7O/c1-3-29-13-15(11-24-29)18-10-16-19(12-23-18)26-27-21(16)17-6-4-7-20(25-17)28-9-5-8-22(2,30)14-28/h4,6-7,10-13,30H,3,5,8-9,14H2,1-2H3,(H,26,27). The van der Waals surface area contributed by atoms with Crippen LogP contribution in [0.5, 0.6) is 0 Å². The molecule has 1 unspecified atom stereocenters. The molecule has 8 heteroatoms. The molecule has 0 saturated carbocycles. The molecule has 1 saturated heterocycles. The van der Waals surface area contributed by atoms with E-state index in [-0.39, 0.29) is 0 Å². The van der Waals surface area contributed by atoms with Gasteiger partial charge in [0.15, 0.2) is 0 Å². The molecule has 4 aromatic heterocycles. The third-order valence-corrected chi connectivity index (χ3v) is 5.68. The van der Waals surface area contributed by atoms with Crippen molar-refractivity contribution in [3.8, 4) is 22.6 Å². The molecular weight excluding hydrogens is 378 g/mol. The molecule has 5 heterocycles. The van der Waals surface area contributed by atoms with Crippen LogP contribution in [0.1, 0.15) is 26.7 Å². The molecule has 1 atom stereocenters. The van der Waals surface area contributed by atoms with Crippen LogP contribution in [0.4, 0.5) is 5.82 Å². The summed E-state index contributed by atoms with van der Waals surface area (Å²) in [5.41, 5.74) is 3.60. The fraction of sp³-hybridized carbons (Fsp3) is 0.364. The van der Waals surface area contributed by atoms with E-state index < -0.39 is 5.60 Å². The number of fused-ring (bicyclic) bond motifs is 1. The van der Waals surface area contributed by atoms with Crippen molar-refractivity contribution in [1.82, 2.24) is 29.9 Å². The number of H-pyrrole nitrogens is 1. The molecule has 1 aliphatic heterocycles. The Bertz CT molecular complexity index is 1190. The Kier molecular flexibility index (Phi) is 4.51. The molecule has 4 aromatic rings. The minimum Gasteiger partial charge on any atom is -0.388 e. The first kappa shape index (κ1) is 18.7. The summed E-state index contributed by atoms with van der Waals surface area (Å²) in [4.78, 5) is 11.6. The van der Waals surface area contributed by atoms with E-state index in [1.807, 2.05) is 48.3 Å². The highest BCUT2D eigenvalue weighted by molar-refractivity contribution is 5.93. The quantitative estimate of drug-likeness (QED) is 0.543. The van der Waals surface area contributed by atoms with Crippen LogP contribution in [0.3, 0.4) is 0 Å². The zero-order chi connectivity index (χ0) is 20.7. The first-order chi connectivity index (χ1) is 14.5. The Hall–Kier alpha value is -3.26. The summed E-state index contributed by atoms with van der Waals surface area (Å²) in [7, 11) is 0. The van der Waals surface area contributed by atoms with Crippen molar-refractivity contribution >= 4 is 16.7 Å². The van der Waals surface area contributed by atoms with Crippen LogP contribution in [0.15, 0.2) is 42.9 Å². The van der Waals surface area contributed by atoms with Crippen molar-refractivity contribution in [2.24, 2.45) is 0 Å². The second-order valence-electron chi connectivity index (χ2n) is 8.18. The van der Waals surface area contributed by atoms with Gasteiger partial charge in [0.1, 0.15) is 11.5 Å². The number of hydrogen-bond donors (Lipinski definition) is 2. The summed E-state index contributed by atoms with van der Waals surface area (Å²) < 4.78 is 1.88. The Morgan fingerprint density at radius 1 is 1.23 bits per heavy atom. The van der Waals surface area contributed by atoms with Crippen LogP contribution >= 0.6 is 0 Å². The van der Waals surface area contributed by atoms with Gasteiger partial charge in [-0.25, -0.2) is 4.98 Å². The van der Waals surface area contributed by atoms with Crippen molar-refractivity contribution in [3.05, 3.63) is 42.9 Å². The zero-order valence-corrected chi connectivity index (χ0v) is 17.2. The summed E-state index contributed by atoms with van der Waals surface area (Å²) in [6.07, 6.45) is 7.39. The second-order valence-corrected chi connectivity index (χ2v) is 8.18. The fourth-order valence-corrected chi connectivity index (χ4v) is 4.09. The van der Waals surface area contributed by atoms with Gasteiger partial charge in [0, 0.05) is 36.8 Å². The molecule has 1 aliphatic rings. The molecule has 0 spiro atoms. The number of rotatable bonds is 4. The molecule has 1 fully saturated rings. The molecule has 0 radical (unpaired) electrons. The van der Waals surface area contributed by atoms with Gasteiger partial charge < -0.3 is 10.0 Å². The van der Waals surface area contributed by atoms with Gasteiger partial charge in [-0.1, -0.05) is 6.07 Å². The summed E-state index contributed by atoms with van der Waals surface area (Å²) in [5, 5.41) is 23.4. The van der Waals surface area contributed by atoms with Crippen LogP contribution in [0.25, 0.3) is 33.5 Å². The van der Waals surface area contributed by atoms with Gasteiger partial charge in [-0.2, -0.15) is 10.2 Å². The van der Waals surface area contributed by atoms with E-state index in [1.165, 1.54) is 0 Å². The van der Waals surface area contributed by atoms with Crippen molar-refractivity contribution in [2.45, 2.75) is 38.8 Å². The number of anilines is 1. The molecule has 0 amide bonds.